The zero-order valence-corrected chi connectivity index (χ0v) is 11.6. The number of nitrogens with two attached hydrogens (primary N) is 1. The van der Waals surface area contributed by atoms with Crippen LogP contribution in [0.4, 0.5) is 5.69 Å². The Balaban J connectivity index is 2.09. The maximum atomic E-state index is 5.89. The van der Waals surface area contributed by atoms with E-state index >= 15 is 0 Å². The van der Waals surface area contributed by atoms with Crippen molar-refractivity contribution in [2.24, 2.45) is 0 Å². The summed E-state index contributed by atoms with van der Waals surface area (Å²) in [6.07, 6.45) is 0. The third-order valence-corrected chi connectivity index (χ3v) is 3.25. The van der Waals surface area contributed by atoms with Crippen LogP contribution in [-0.2, 0) is 0 Å². The van der Waals surface area contributed by atoms with Crippen molar-refractivity contribution in [3.05, 3.63) is 53.2 Å². The van der Waals surface area contributed by atoms with Crippen LogP contribution in [0.1, 0.15) is 5.69 Å². The summed E-state index contributed by atoms with van der Waals surface area (Å²) in [5.41, 5.74) is 7.21. The first-order chi connectivity index (χ1) is 9.65. The van der Waals surface area contributed by atoms with Crippen LogP contribution in [0.25, 0.3) is 10.8 Å². The lowest BCUT2D eigenvalue weighted by molar-refractivity contribution is 0.463. The fraction of sp³-hybridized carbons (Fsp3) is 0.0667. The molecule has 0 aliphatic carbocycles. The second-order valence-electron chi connectivity index (χ2n) is 4.42. The van der Waals surface area contributed by atoms with E-state index < -0.39 is 0 Å². The molecule has 0 aliphatic rings. The number of rotatable bonds is 2. The SMILES string of the molecule is Cc1nnc(Oc2ccc(Cl)cc2N)c2ccccc12. The maximum absolute atomic E-state index is 5.89. The molecule has 0 saturated heterocycles. The molecule has 3 rings (SSSR count). The molecule has 2 N–H and O–H groups in total. The highest BCUT2D eigenvalue weighted by Crippen LogP contribution is 2.32. The Morgan fingerprint density at radius 3 is 2.55 bits per heavy atom. The first-order valence-electron chi connectivity index (χ1n) is 6.10. The summed E-state index contributed by atoms with van der Waals surface area (Å²) < 4.78 is 5.78. The molecule has 2 aromatic carbocycles. The van der Waals surface area contributed by atoms with Crippen LogP contribution < -0.4 is 10.5 Å². The van der Waals surface area contributed by atoms with Gasteiger partial charge in [-0.1, -0.05) is 29.8 Å². The van der Waals surface area contributed by atoms with Gasteiger partial charge in [0.2, 0.25) is 5.88 Å². The Morgan fingerprint density at radius 1 is 1.05 bits per heavy atom. The van der Waals surface area contributed by atoms with Crippen molar-refractivity contribution in [2.45, 2.75) is 6.92 Å². The van der Waals surface area contributed by atoms with E-state index in [0.717, 1.165) is 16.5 Å². The van der Waals surface area contributed by atoms with E-state index in [1.165, 1.54) is 0 Å². The third-order valence-electron chi connectivity index (χ3n) is 3.02. The third kappa shape index (κ3) is 2.26. The average molecular weight is 286 g/mol. The summed E-state index contributed by atoms with van der Waals surface area (Å²) in [7, 11) is 0. The lowest BCUT2D eigenvalue weighted by atomic mass is 10.1. The van der Waals surface area contributed by atoms with Gasteiger partial charge in [-0.2, -0.15) is 5.10 Å². The van der Waals surface area contributed by atoms with E-state index in [2.05, 4.69) is 10.2 Å². The minimum absolute atomic E-state index is 0.431. The van der Waals surface area contributed by atoms with Gasteiger partial charge in [-0.05, 0) is 31.2 Å². The van der Waals surface area contributed by atoms with Gasteiger partial charge in [0, 0.05) is 15.8 Å². The van der Waals surface area contributed by atoms with Gasteiger partial charge in [-0.25, -0.2) is 0 Å². The molecular formula is C15H12ClN3O. The summed E-state index contributed by atoms with van der Waals surface area (Å²) >= 11 is 5.87. The van der Waals surface area contributed by atoms with Crippen molar-refractivity contribution < 1.29 is 4.74 Å². The molecule has 0 aliphatic heterocycles. The van der Waals surface area contributed by atoms with Gasteiger partial charge in [-0.15, -0.1) is 5.10 Å². The molecule has 100 valence electrons. The number of halogens is 1. The number of ether oxygens (including phenoxy) is 1. The van der Waals surface area contributed by atoms with Crippen molar-refractivity contribution in [3.8, 4) is 11.6 Å². The summed E-state index contributed by atoms with van der Waals surface area (Å²) in [5.74, 6) is 0.943. The number of anilines is 1. The Labute approximate surface area is 121 Å². The van der Waals surface area contributed by atoms with Crippen LogP contribution in [0.15, 0.2) is 42.5 Å². The molecule has 0 unspecified atom stereocenters. The topological polar surface area (TPSA) is 61.0 Å². The highest BCUT2D eigenvalue weighted by Gasteiger charge is 2.10. The molecule has 0 saturated carbocycles. The first kappa shape index (κ1) is 12.7. The van der Waals surface area contributed by atoms with Crippen LogP contribution in [-0.4, -0.2) is 10.2 Å². The second-order valence-corrected chi connectivity index (χ2v) is 4.86. The van der Waals surface area contributed by atoms with Gasteiger partial charge < -0.3 is 10.5 Å². The van der Waals surface area contributed by atoms with Gasteiger partial charge in [0.05, 0.1) is 11.4 Å². The zero-order valence-electron chi connectivity index (χ0n) is 10.8. The highest BCUT2D eigenvalue weighted by molar-refractivity contribution is 6.30. The summed E-state index contributed by atoms with van der Waals surface area (Å²) in [4.78, 5) is 0. The smallest absolute Gasteiger partial charge is 0.246 e. The van der Waals surface area contributed by atoms with Crippen molar-refractivity contribution in [1.82, 2.24) is 10.2 Å². The summed E-state index contributed by atoms with van der Waals surface area (Å²) in [5, 5.41) is 10.7. The van der Waals surface area contributed by atoms with Gasteiger partial charge in [-0.3, -0.25) is 0 Å². The van der Waals surface area contributed by atoms with Crippen LogP contribution in [0.5, 0.6) is 11.6 Å². The van der Waals surface area contributed by atoms with Gasteiger partial charge in [0.15, 0.2) is 5.75 Å². The van der Waals surface area contributed by atoms with Gasteiger partial charge >= 0.3 is 0 Å². The van der Waals surface area contributed by atoms with Crippen molar-refractivity contribution in [2.75, 3.05) is 5.73 Å². The highest BCUT2D eigenvalue weighted by atomic mass is 35.5. The number of nitrogens with zero attached hydrogens (tertiary/aromatic N) is 2. The van der Waals surface area contributed by atoms with E-state index in [0.29, 0.717) is 22.3 Å². The fourth-order valence-corrected chi connectivity index (χ4v) is 2.19. The summed E-state index contributed by atoms with van der Waals surface area (Å²) in [6.45, 7) is 1.91. The van der Waals surface area contributed by atoms with E-state index in [1.54, 1.807) is 18.2 Å². The molecule has 0 bridgehead atoms. The van der Waals surface area contributed by atoms with E-state index in [-0.39, 0.29) is 0 Å². The number of hydrogen-bond acceptors (Lipinski definition) is 4. The Bertz CT molecular complexity index is 789. The number of aromatic nitrogens is 2. The molecule has 0 fully saturated rings. The number of fused-ring (bicyclic) bond motifs is 1. The van der Waals surface area contributed by atoms with Gasteiger partial charge in [0.1, 0.15) is 0 Å². The molecule has 4 nitrogen and oxygen atoms in total. The molecule has 1 aromatic heterocycles. The molecule has 0 radical (unpaired) electrons. The second kappa shape index (κ2) is 4.98. The van der Waals surface area contributed by atoms with Crippen LogP contribution in [0.3, 0.4) is 0 Å². The quantitative estimate of drug-likeness (QED) is 0.724. The molecule has 0 spiro atoms. The largest absolute Gasteiger partial charge is 0.435 e. The van der Waals surface area contributed by atoms with Crippen LogP contribution in [0, 0.1) is 6.92 Å². The average Bonchev–Trinajstić information content (AvgIpc) is 2.45. The van der Waals surface area contributed by atoms with Gasteiger partial charge in [0.25, 0.3) is 0 Å². The molecule has 20 heavy (non-hydrogen) atoms. The van der Waals surface area contributed by atoms with E-state index in [9.17, 15) is 0 Å². The zero-order chi connectivity index (χ0) is 14.1. The Morgan fingerprint density at radius 2 is 1.80 bits per heavy atom. The molecule has 3 aromatic rings. The minimum Gasteiger partial charge on any atom is -0.435 e. The maximum Gasteiger partial charge on any atom is 0.246 e. The Hall–Kier alpha value is -2.33. The standard InChI is InChI=1S/C15H12ClN3O/c1-9-11-4-2-3-5-12(11)15(19-18-9)20-14-7-6-10(16)8-13(14)17/h2-8H,17H2,1H3. The lowest BCUT2D eigenvalue weighted by Gasteiger charge is -2.10. The number of aryl methyl sites for hydroxylation is 1. The number of nitrogen functional groups attached to an aromatic ring is 1. The molecule has 1 heterocycles. The van der Waals surface area contributed by atoms with E-state index in [4.69, 9.17) is 22.1 Å². The molecule has 5 heteroatoms. The normalized spacial score (nSPS) is 10.7. The number of hydrogen-bond donors (Lipinski definition) is 1. The van der Waals surface area contributed by atoms with Crippen molar-refractivity contribution >= 4 is 28.1 Å². The lowest BCUT2D eigenvalue weighted by Crippen LogP contribution is -1.97. The van der Waals surface area contributed by atoms with Crippen LogP contribution in [0.2, 0.25) is 5.02 Å². The summed E-state index contributed by atoms with van der Waals surface area (Å²) in [6, 6.07) is 12.9. The fourth-order valence-electron chi connectivity index (χ4n) is 2.01. The number of benzene rings is 2. The van der Waals surface area contributed by atoms with Crippen molar-refractivity contribution in [3.63, 3.8) is 0 Å². The molecule has 0 atom stereocenters. The first-order valence-corrected chi connectivity index (χ1v) is 6.48. The van der Waals surface area contributed by atoms with Crippen LogP contribution >= 0.6 is 11.6 Å². The monoisotopic (exact) mass is 285 g/mol. The predicted octanol–water partition coefficient (Wildman–Crippen LogP) is 3.97. The minimum atomic E-state index is 0.431. The molecule has 0 amide bonds. The Kier molecular flexibility index (Phi) is 3.16. The van der Waals surface area contributed by atoms with Crippen molar-refractivity contribution in [1.29, 1.82) is 0 Å². The predicted molar refractivity (Wildman–Crippen MR) is 80.2 cm³/mol. The van der Waals surface area contributed by atoms with E-state index in [1.807, 2.05) is 31.2 Å². The molecular weight excluding hydrogens is 274 g/mol.